The summed E-state index contributed by atoms with van der Waals surface area (Å²) in [5.41, 5.74) is 5.21. The van der Waals surface area contributed by atoms with Crippen molar-refractivity contribution in [3.8, 4) is 0 Å². The molecule has 8 heavy (non-hydrogen) atoms. The fraction of sp³-hybridized carbons (Fsp3) is 1.00. The predicted octanol–water partition coefficient (Wildman–Crippen LogP) is 0.460. The van der Waals surface area contributed by atoms with Crippen LogP contribution < -0.4 is 5.73 Å². The molecule has 0 aromatic heterocycles. The molecule has 0 aliphatic rings. The van der Waals surface area contributed by atoms with Gasteiger partial charge in [0.05, 0.1) is 6.10 Å². The van der Waals surface area contributed by atoms with E-state index < -0.39 is 6.41 Å². The lowest BCUT2D eigenvalue weighted by atomic mass is 10.5. The van der Waals surface area contributed by atoms with E-state index in [1.54, 1.807) is 0 Å². The van der Waals surface area contributed by atoms with Crippen molar-refractivity contribution in [2.24, 2.45) is 5.73 Å². The standard InChI is InChI=1S/C4H12NO2P/c1-3(2)6-4(5)7-8/h3-4H,5,8H2,1-2H3. The van der Waals surface area contributed by atoms with Gasteiger partial charge in [-0.1, -0.05) is 0 Å². The molecule has 0 spiro atoms. The molecule has 2 N–H and O–H groups in total. The van der Waals surface area contributed by atoms with Crippen molar-refractivity contribution < 1.29 is 9.26 Å². The number of rotatable bonds is 3. The summed E-state index contributed by atoms with van der Waals surface area (Å²) in [5, 5.41) is 0. The van der Waals surface area contributed by atoms with Gasteiger partial charge in [-0.2, -0.15) is 0 Å². The van der Waals surface area contributed by atoms with Gasteiger partial charge in [0.25, 0.3) is 0 Å². The summed E-state index contributed by atoms with van der Waals surface area (Å²) in [6.07, 6.45) is -0.495. The first-order chi connectivity index (χ1) is 3.66. The number of hydrogen-bond acceptors (Lipinski definition) is 3. The van der Waals surface area contributed by atoms with Gasteiger partial charge in [0.1, 0.15) is 0 Å². The van der Waals surface area contributed by atoms with E-state index in [0.29, 0.717) is 0 Å². The highest BCUT2D eigenvalue weighted by Gasteiger charge is 2.00. The van der Waals surface area contributed by atoms with E-state index in [0.717, 1.165) is 0 Å². The molecule has 0 fully saturated rings. The topological polar surface area (TPSA) is 44.5 Å². The van der Waals surface area contributed by atoms with Crippen LogP contribution in [0.4, 0.5) is 0 Å². The SMILES string of the molecule is CC(C)OC(N)OP. The van der Waals surface area contributed by atoms with Crippen LogP contribution in [0.2, 0.25) is 0 Å². The minimum absolute atomic E-state index is 0.116. The minimum Gasteiger partial charge on any atom is -0.337 e. The number of ether oxygens (including phenoxy) is 1. The lowest BCUT2D eigenvalue weighted by Gasteiger charge is -2.12. The van der Waals surface area contributed by atoms with Crippen molar-refractivity contribution >= 4 is 9.47 Å². The summed E-state index contributed by atoms with van der Waals surface area (Å²) in [7, 11) is 2.03. The molecule has 0 aliphatic heterocycles. The zero-order valence-corrected chi connectivity index (χ0v) is 6.28. The Kier molecular flexibility index (Phi) is 4.38. The van der Waals surface area contributed by atoms with Crippen molar-refractivity contribution in [2.75, 3.05) is 0 Å². The molecule has 3 nitrogen and oxygen atoms in total. The molecule has 0 saturated heterocycles. The van der Waals surface area contributed by atoms with Crippen molar-refractivity contribution in [1.29, 1.82) is 0 Å². The Morgan fingerprint density at radius 3 is 2.12 bits per heavy atom. The van der Waals surface area contributed by atoms with Crippen LogP contribution in [0.1, 0.15) is 13.8 Å². The highest BCUT2D eigenvalue weighted by atomic mass is 31.0. The maximum atomic E-state index is 5.21. The normalized spacial score (nSPS) is 14.6. The second-order valence-electron chi connectivity index (χ2n) is 1.69. The molecule has 2 atom stereocenters. The number of hydrogen-bond donors (Lipinski definition) is 1. The van der Waals surface area contributed by atoms with Gasteiger partial charge in [0, 0.05) is 9.47 Å². The molecule has 2 unspecified atom stereocenters. The van der Waals surface area contributed by atoms with Crippen LogP contribution in [0.15, 0.2) is 0 Å². The molecule has 0 bridgehead atoms. The highest BCUT2D eigenvalue weighted by molar-refractivity contribution is 7.09. The Balaban J connectivity index is 3.10. The zero-order valence-electron chi connectivity index (χ0n) is 5.13. The first-order valence-corrected chi connectivity index (χ1v) is 2.90. The second-order valence-corrected chi connectivity index (χ2v) is 1.96. The molecule has 0 aromatic rings. The third-order valence-corrected chi connectivity index (χ3v) is 0.809. The smallest absolute Gasteiger partial charge is 0.216 e. The van der Waals surface area contributed by atoms with E-state index in [2.05, 4.69) is 4.52 Å². The van der Waals surface area contributed by atoms with Crippen LogP contribution in [0.3, 0.4) is 0 Å². The molecule has 0 aliphatic carbocycles. The van der Waals surface area contributed by atoms with E-state index in [9.17, 15) is 0 Å². The predicted molar refractivity (Wildman–Crippen MR) is 35.0 cm³/mol. The maximum absolute atomic E-state index is 5.21. The summed E-state index contributed by atoms with van der Waals surface area (Å²) in [5.74, 6) is 0. The van der Waals surface area contributed by atoms with Crippen LogP contribution in [-0.2, 0) is 9.26 Å². The monoisotopic (exact) mass is 137 g/mol. The van der Waals surface area contributed by atoms with Crippen molar-refractivity contribution in [3.05, 3.63) is 0 Å². The van der Waals surface area contributed by atoms with E-state index in [-0.39, 0.29) is 6.10 Å². The summed E-state index contributed by atoms with van der Waals surface area (Å²) in [4.78, 5) is 0. The van der Waals surface area contributed by atoms with Crippen LogP contribution in [0.25, 0.3) is 0 Å². The van der Waals surface area contributed by atoms with Crippen LogP contribution in [0, 0.1) is 0 Å². The molecule has 0 aromatic carbocycles. The van der Waals surface area contributed by atoms with Gasteiger partial charge in [-0.15, -0.1) is 0 Å². The third kappa shape index (κ3) is 4.47. The fourth-order valence-corrected chi connectivity index (χ4v) is 0.364. The molecular formula is C4H12NO2P. The Bertz CT molecular complexity index is 60.0. The molecule has 0 heterocycles. The average Bonchev–Trinajstić information content (AvgIpc) is 1.65. The molecule has 0 radical (unpaired) electrons. The average molecular weight is 137 g/mol. The van der Waals surface area contributed by atoms with E-state index in [1.807, 2.05) is 23.3 Å². The summed E-state index contributed by atoms with van der Waals surface area (Å²) in [6.45, 7) is 3.78. The Morgan fingerprint density at radius 1 is 1.50 bits per heavy atom. The van der Waals surface area contributed by atoms with E-state index in [1.165, 1.54) is 0 Å². The van der Waals surface area contributed by atoms with Crippen LogP contribution in [-0.4, -0.2) is 12.5 Å². The van der Waals surface area contributed by atoms with Crippen molar-refractivity contribution in [1.82, 2.24) is 0 Å². The van der Waals surface area contributed by atoms with Gasteiger partial charge in [-0.25, -0.2) is 0 Å². The van der Waals surface area contributed by atoms with Crippen molar-refractivity contribution in [2.45, 2.75) is 26.4 Å². The molecule has 0 saturated carbocycles. The lowest BCUT2D eigenvalue weighted by molar-refractivity contribution is -0.0945. The largest absolute Gasteiger partial charge is 0.337 e. The van der Waals surface area contributed by atoms with E-state index in [4.69, 9.17) is 10.5 Å². The third-order valence-electron chi connectivity index (χ3n) is 0.540. The fourth-order valence-electron chi connectivity index (χ4n) is 0.300. The first-order valence-electron chi connectivity index (χ1n) is 2.43. The van der Waals surface area contributed by atoms with Gasteiger partial charge in [0.15, 0.2) is 0 Å². The van der Waals surface area contributed by atoms with Gasteiger partial charge in [0.2, 0.25) is 6.41 Å². The summed E-state index contributed by atoms with van der Waals surface area (Å²) >= 11 is 0. The first kappa shape index (κ1) is 8.31. The van der Waals surface area contributed by atoms with Gasteiger partial charge in [-0.3, -0.25) is 5.73 Å². The molecule has 0 amide bonds. The van der Waals surface area contributed by atoms with Crippen LogP contribution >= 0.6 is 9.47 Å². The van der Waals surface area contributed by atoms with Gasteiger partial charge in [-0.05, 0) is 13.8 Å². The Labute approximate surface area is 51.8 Å². The Hall–Kier alpha value is 0.310. The summed E-state index contributed by atoms with van der Waals surface area (Å²) < 4.78 is 9.47. The number of nitrogens with two attached hydrogens (primary N) is 1. The van der Waals surface area contributed by atoms with Crippen LogP contribution in [0.5, 0.6) is 0 Å². The highest BCUT2D eigenvalue weighted by Crippen LogP contribution is 1.96. The molecular weight excluding hydrogens is 125 g/mol. The lowest BCUT2D eigenvalue weighted by Crippen LogP contribution is -2.26. The quantitative estimate of drug-likeness (QED) is 0.454. The minimum atomic E-state index is -0.611. The second kappa shape index (κ2) is 4.21. The molecule has 0 rings (SSSR count). The zero-order chi connectivity index (χ0) is 6.57. The van der Waals surface area contributed by atoms with Gasteiger partial charge < -0.3 is 9.26 Å². The maximum Gasteiger partial charge on any atom is 0.216 e. The Morgan fingerprint density at radius 2 is 2.00 bits per heavy atom. The van der Waals surface area contributed by atoms with E-state index >= 15 is 0 Å². The van der Waals surface area contributed by atoms with Gasteiger partial charge >= 0.3 is 0 Å². The molecule has 50 valence electrons. The van der Waals surface area contributed by atoms with Crippen molar-refractivity contribution in [3.63, 3.8) is 0 Å². The summed E-state index contributed by atoms with van der Waals surface area (Å²) in [6, 6.07) is 0. The molecule has 4 heteroatoms.